The first-order valence-electron chi connectivity index (χ1n) is 29.2. The lowest BCUT2D eigenvalue weighted by atomic mass is 10.0. The minimum atomic E-state index is -4.74. The van der Waals surface area contributed by atoms with E-state index in [1.54, 1.807) is 0 Å². The molecule has 412 valence electrons. The second-order valence-corrected chi connectivity index (χ2v) is 21.3. The molecule has 12 heteroatoms. The van der Waals surface area contributed by atoms with Crippen molar-refractivity contribution in [1.82, 2.24) is 0 Å². The van der Waals surface area contributed by atoms with Gasteiger partial charge in [-0.2, -0.15) is 0 Å². The van der Waals surface area contributed by atoms with Crippen molar-refractivity contribution in [2.75, 3.05) is 26.4 Å². The normalized spacial score (nSPS) is 13.5. The van der Waals surface area contributed by atoms with Gasteiger partial charge in [0.2, 0.25) is 0 Å². The molecule has 0 saturated heterocycles. The molecule has 0 fully saturated rings. The lowest BCUT2D eigenvalue weighted by Gasteiger charge is -2.21. The van der Waals surface area contributed by atoms with E-state index in [2.05, 4.69) is 45.1 Å². The number of aliphatic hydroxyl groups is 1. The van der Waals surface area contributed by atoms with Gasteiger partial charge >= 0.3 is 25.7 Å². The maximum Gasteiger partial charge on any atom is 0.472 e. The Labute approximate surface area is 429 Å². The molecule has 0 aromatic rings. The van der Waals surface area contributed by atoms with Crippen molar-refractivity contribution in [3.8, 4) is 0 Å². The number of carbonyl (C=O) groups is 3. The zero-order valence-electron chi connectivity index (χ0n) is 45.5. The van der Waals surface area contributed by atoms with Crippen molar-refractivity contribution in [2.45, 2.75) is 303 Å². The minimum Gasteiger partial charge on any atom is -0.462 e. The number of allylic oxidation sites excluding steroid dienone is 4. The van der Waals surface area contributed by atoms with Crippen molar-refractivity contribution in [3.05, 3.63) is 24.3 Å². The first-order valence-corrected chi connectivity index (χ1v) is 30.7. The fourth-order valence-electron chi connectivity index (χ4n) is 8.35. The zero-order chi connectivity index (χ0) is 51.3. The Balaban J connectivity index is 4.70. The Morgan fingerprint density at radius 1 is 0.386 bits per heavy atom. The fraction of sp³-hybridized carbons (Fsp3) is 0.879. The lowest BCUT2D eigenvalue weighted by molar-refractivity contribution is -0.161. The largest absolute Gasteiger partial charge is 0.472 e. The van der Waals surface area contributed by atoms with E-state index in [-0.39, 0.29) is 25.9 Å². The summed E-state index contributed by atoms with van der Waals surface area (Å²) < 4.78 is 39.5. The van der Waals surface area contributed by atoms with Crippen LogP contribution in [0.5, 0.6) is 0 Å². The molecule has 3 unspecified atom stereocenters. The third-order valence-electron chi connectivity index (χ3n) is 12.8. The highest BCUT2D eigenvalue weighted by atomic mass is 31.2. The number of hydrogen-bond acceptors (Lipinski definition) is 10. The van der Waals surface area contributed by atoms with Gasteiger partial charge in [0.15, 0.2) is 6.10 Å². The monoisotopic (exact) mass is 1010 g/mol. The molecule has 0 rings (SSSR count). The fourth-order valence-corrected chi connectivity index (χ4v) is 9.13. The molecule has 0 aliphatic rings. The molecule has 3 atom stereocenters. The molecule has 0 aromatic heterocycles. The first-order chi connectivity index (χ1) is 34.2. The number of esters is 3. The minimum absolute atomic E-state index is 0.165. The van der Waals surface area contributed by atoms with Crippen LogP contribution in [0, 0.1) is 0 Å². The van der Waals surface area contributed by atoms with E-state index >= 15 is 0 Å². The van der Waals surface area contributed by atoms with Crippen LogP contribution in [0.4, 0.5) is 0 Å². The molecule has 2 N–H and O–H groups in total. The van der Waals surface area contributed by atoms with E-state index in [4.69, 9.17) is 23.3 Å². The molecule has 0 radical (unpaired) electrons. The second-order valence-electron chi connectivity index (χ2n) is 19.8. The van der Waals surface area contributed by atoms with Gasteiger partial charge in [0.05, 0.1) is 19.8 Å². The molecule has 0 aliphatic heterocycles. The molecule has 0 saturated carbocycles. The van der Waals surface area contributed by atoms with Gasteiger partial charge in [0.1, 0.15) is 12.7 Å². The molecule has 0 bridgehead atoms. The van der Waals surface area contributed by atoms with E-state index in [0.29, 0.717) is 19.3 Å². The van der Waals surface area contributed by atoms with Gasteiger partial charge in [-0.05, 0) is 70.6 Å². The Hall–Kier alpha value is -2.04. The molecule has 0 amide bonds. The van der Waals surface area contributed by atoms with Crippen LogP contribution in [0.2, 0.25) is 0 Å². The molecular weight excluding hydrogens is 904 g/mol. The quantitative estimate of drug-likeness (QED) is 0.0197. The second kappa shape index (κ2) is 53.3. The zero-order valence-corrected chi connectivity index (χ0v) is 46.4. The van der Waals surface area contributed by atoms with Crippen molar-refractivity contribution >= 4 is 25.7 Å². The molecule has 0 aliphatic carbocycles. The smallest absolute Gasteiger partial charge is 0.462 e. The molecule has 0 aromatic carbocycles. The number of ether oxygens (including phenoxy) is 3. The Kier molecular flexibility index (Phi) is 51.7. The van der Waals surface area contributed by atoms with Crippen molar-refractivity contribution in [3.63, 3.8) is 0 Å². The van der Waals surface area contributed by atoms with Crippen LogP contribution in [0.3, 0.4) is 0 Å². The molecule has 0 spiro atoms. The maximum atomic E-state index is 12.9. The average Bonchev–Trinajstić information content (AvgIpc) is 3.35. The van der Waals surface area contributed by atoms with Gasteiger partial charge < -0.3 is 24.2 Å². The van der Waals surface area contributed by atoms with E-state index < -0.39 is 57.8 Å². The van der Waals surface area contributed by atoms with E-state index in [1.807, 2.05) is 0 Å². The number of carbonyl (C=O) groups excluding carboxylic acids is 3. The number of phosphoric ester groups is 1. The summed E-state index contributed by atoms with van der Waals surface area (Å²) in [7, 11) is -4.74. The Morgan fingerprint density at radius 3 is 1.00 bits per heavy atom. The van der Waals surface area contributed by atoms with E-state index in [9.17, 15) is 28.9 Å². The lowest BCUT2D eigenvalue weighted by Crippen LogP contribution is -2.30. The summed E-state index contributed by atoms with van der Waals surface area (Å²) in [5.41, 5.74) is 0. The van der Waals surface area contributed by atoms with Crippen LogP contribution in [-0.2, 0) is 42.2 Å². The average molecular weight is 1010 g/mol. The van der Waals surface area contributed by atoms with Gasteiger partial charge in [-0.15, -0.1) is 0 Å². The topological polar surface area (TPSA) is 155 Å². The molecule has 70 heavy (non-hydrogen) atoms. The maximum absolute atomic E-state index is 12.9. The summed E-state index contributed by atoms with van der Waals surface area (Å²) in [6.45, 7) is 4.65. The number of unbranched alkanes of at least 4 members (excludes halogenated alkanes) is 34. The van der Waals surface area contributed by atoms with Crippen LogP contribution >= 0.6 is 7.82 Å². The van der Waals surface area contributed by atoms with Gasteiger partial charge in [0, 0.05) is 19.3 Å². The van der Waals surface area contributed by atoms with Crippen LogP contribution in [0.1, 0.15) is 290 Å². The Morgan fingerprint density at radius 2 is 0.657 bits per heavy atom. The number of phosphoric acid groups is 1. The van der Waals surface area contributed by atoms with Crippen LogP contribution in [0.15, 0.2) is 24.3 Å². The van der Waals surface area contributed by atoms with E-state index in [1.165, 1.54) is 148 Å². The third-order valence-corrected chi connectivity index (χ3v) is 13.8. The summed E-state index contributed by atoms with van der Waals surface area (Å²) in [6.07, 6.45) is 52.7. The number of hydrogen-bond donors (Lipinski definition) is 2. The predicted octanol–water partition coefficient (Wildman–Crippen LogP) is 17.0. The highest BCUT2D eigenvalue weighted by Crippen LogP contribution is 2.43. The third kappa shape index (κ3) is 50.9. The van der Waals surface area contributed by atoms with Crippen molar-refractivity contribution < 1.29 is 52.2 Å². The van der Waals surface area contributed by atoms with Gasteiger partial charge in [-0.1, -0.05) is 225 Å². The first kappa shape index (κ1) is 68.0. The van der Waals surface area contributed by atoms with Crippen LogP contribution < -0.4 is 0 Å². The van der Waals surface area contributed by atoms with Crippen molar-refractivity contribution in [1.29, 1.82) is 0 Å². The summed E-state index contributed by atoms with van der Waals surface area (Å²) in [6, 6.07) is 0. The van der Waals surface area contributed by atoms with Crippen LogP contribution in [0.25, 0.3) is 0 Å². The highest BCUT2D eigenvalue weighted by Gasteiger charge is 2.28. The SMILES string of the molecule is CCCCCC/C=C\CCCCCCCC(=O)OCC(COP(=O)(O)OCC(CO)OC(=O)CCCCCCCCCCCCCCC)OC(=O)CCCCCCCCC/C=C\CCCCCCCC. The number of rotatable bonds is 55. The molecule has 11 nitrogen and oxygen atoms in total. The Bertz CT molecular complexity index is 1270. The summed E-state index contributed by atoms with van der Waals surface area (Å²) in [5.74, 6) is -1.46. The van der Waals surface area contributed by atoms with Gasteiger partial charge in [-0.3, -0.25) is 23.4 Å². The predicted molar refractivity (Wildman–Crippen MR) is 289 cm³/mol. The van der Waals surface area contributed by atoms with Crippen LogP contribution in [-0.4, -0.2) is 66.5 Å². The summed E-state index contributed by atoms with van der Waals surface area (Å²) >= 11 is 0. The number of aliphatic hydroxyl groups excluding tert-OH is 1. The van der Waals surface area contributed by atoms with Crippen molar-refractivity contribution in [2.24, 2.45) is 0 Å². The standard InChI is InChI=1S/C58H109O11P/c1-4-7-10-13-16-19-22-25-26-27-28-31-34-37-40-43-46-49-58(62)69-55(51-65-56(60)47-44-41-38-35-32-29-23-20-17-14-11-8-5-2)53-67-70(63,64)66-52-54(50-59)68-57(61)48-45-42-39-36-33-30-24-21-18-15-12-9-6-3/h20,23,25-26,54-55,59H,4-19,21-22,24,27-53H2,1-3H3,(H,63,64)/b23-20-,26-25-. The molecular formula is C58H109O11P. The summed E-state index contributed by atoms with van der Waals surface area (Å²) in [4.78, 5) is 48.5. The van der Waals surface area contributed by atoms with Gasteiger partial charge in [-0.25, -0.2) is 4.57 Å². The summed E-state index contributed by atoms with van der Waals surface area (Å²) in [5, 5.41) is 9.80. The van der Waals surface area contributed by atoms with E-state index in [0.717, 1.165) is 83.5 Å². The molecule has 0 heterocycles. The van der Waals surface area contributed by atoms with Gasteiger partial charge in [0.25, 0.3) is 0 Å². The highest BCUT2D eigenvalue weighted by molar-refractivity contribution is 7.47.